The first kappa shape index (κ1) is 15.1. The normalized spacial score (nSPS) is 9.71. The smallest absolute Gasteiger partial charge is 0.331 e. The molecular weight excluding hydrogens is 260 g/mol. The number of aliphatic carboxylic acids is 3. The predicted molar refractivity (Wildman–Crippen MR) is 50.5 cm³/mol. The molecule has 6 nitrogen and oxygen atoms in total. The van der Waals surface area contributed by atoms with Crippen LogP contribution >= 0.6 is 15.9 Å². The van der Waals surface area contributed by atoms with Crippen LogP contribution in [-0.4, -0.2) is 38.6 Å². The second-order valence-corrected chi connectivity index (χ2v) is 2.56. The second-order valence-electron chi connectivity index (χ2n) is 2.00. The Balaban J connectivity index is 0. The first-order valence-corrected chi connectivity index (χ1v) is 4.35. The third-order valence-corrected chi connectivity index (χ3v) is 1.27. The highest BCUT2D eigenvalue weighted by Gasteiger charge is 2.00. The molecule has 0 aromatic heterocycles. The van der Waals surface area contributed by atoms with Crippen molar-refractivity contribution in [3.05, 3.63) is 11.6 Å². The third-order valence-electron chi connectivity index (χ3n) is 0.792. The average molecular weight is 269 g/mol. The van der Waals surface area contributed by atoms with Crippen molar-refractivity contribution >= 4 is 33.8 Å². The molecule has 0 aliphatic rings. The molecule has 0 radical (unpaired) electrons. The van der Waals surface area contributed by atoms with Crippen LogP contribution in [0.4, 0.5) is 0 Å². The van der Waals surface area contributed by atoms with E-state index in [1.165, 1.54) is 6.92 Å². The Hall–Kier alpha value is -1.37. The lowest BCUT2D eigenvalue weighted by Crippen LogP contribution is -1.99. The highest BCUT2D eigenvalue weighted by Crippen LogP contribution is 1.89. The maximum Gasteiger partial charge on any atom is 0.331 e. The van der Waals surface area contributed by atoms with Crippen LogP contribution < -0.4 is 0 Å². The Morgan fingerprint density at radius 3 is 1.64 bits per heavy atom. The molecule has 80 valence electrons. The molecule has 0 heterocycles. The Morgan fingerprint density at radius 1 is 1.21 bits per heavy atom. The summed E-state index contributed by atoms with van der Waals surface area (Å²) in [7, 11) is 0. The van der Waals surface area contributed by atoms with Crippen LogP contribution in [-0.2, 0) is 14.4 Å². The van der Waals surface area contributed by atoms with Crippen LogP contribution in [0.25, 0.3) is 0 Å². The van der Waals surface area contributed by atoms with E-state index in [1.807, 2.05) is 0 Å². The van der Waals surface area contributed by atoms with Gasteiger partial charge >= 0.3 is 17.9 Å². The number of rotatable bonds is 3. The second kappa shape index (κ2) is 8.24. The topological polar surface area (TPSA) is 112 Å². The van der Waals surface area contributed by atoms with Crippen molar-refractivity contribution in [3.63, 3.8) is 0 Å². The molecule has 0 amide bonds. The molecule has 0 unspecified atom stereocenters. The van der Waals surface area contributed by atoms with Gasteiger partial charge in [-0.15, -0.1) is 0 Å². The van der Waals surface area contributed by atoms with Crippen molar-refractivity contribution in [2.24, 2.45) is 0 Å². The van der Waals surface area contributed by atoms with Crippen LogP contribution in [0.5, 0.6) is 0 Å². The van der Waals surface area contributed by atoms with E-state index >= 15 is 0 Å². The fourth-order valence-corrected chi connectivity index (χ4v) is 0.247. The summed E-state index contributed by atoms with van der Waals surface area (Å²) in [6, 6.07) is 0. The number of hydrogen-bond acceptors (Lipinski definition) is 3. The summed E-state index contributed by atoms with van der Waals surface area (Å²) < 4.78 is 0. The number of halogens is 1. The number of carboxylic acids is 3. The molecule has 0 fully saturated rings. The summed E-state index contributed by atoms with van der Waals surface area (Å²) in [6.07, 6.45) is 0.641. The summed E-state index contributed by atoms with van der Waals surface area (Å²) in [5.74, 6) is -3.28. The van der Waals surface area contributed by atoms with E-state index in [0.717, 1.165) is 0 Å². The van der Waals surface area contributed by atoms with E-state index in [9.17, 15) is 14.4 Å². The van der Waals surface area contributed by atoms with E-state index < -0.39 is 17.9 Å². The van der Waals surface area contributed by atoms with Crippen LogP contribution in [0.15, 0.2) is 11.6 Å². The number of hydrogen-bond donors (Lipinski definition) is 3. The van der Waals surface area contributed by atoms with E-state index in [2.05, 4.69) is 15.9 Å². The minimum Gasteiger partial charge on any atom is -0.481 e. The zero-order valence-electron chi connectivity index (χ0n) is 7.23. The number of carbonyl (C=O) groups is 3. The summed E-state index contributed by atoms with van der Waals surface area (Å²) >= 11 is 2.71. The fraction of sp³-hybridized carbons (Fsp3) is 0.286. The third kappa shape index (κ3) is 13.2. The minimum absolute atomic E-state index is 0.0347. The molecule has 0 spiro atoms. The van der Waals surface area contributed by atoms with E-state index in [-0.39, 0.29) is 10.9 Å². The predicted octanol–water partition coefficient (Wildman–Crippen LogP) is 0.568. The molecule has 0 aliphatic carbocycles. The molecule has 0 atom stereocenters. The van der Waals surface area contributed by atoms with Crippen LogP contribution in [0.2, 0.25) is 0 Å². The van der Waals surface area contributed by atoms with Gasteiger partial charge in [-0.05, 0) is 6.92 Å². The van der Waals surface area contributed by atoms with Gasteiger partial charge < -0.3 is 15.3 Å². The van der Waals surface area contributed by atoms with Crippen molar-refractivity contribution in [2.45, 2.75) is 6.92 Å². The van der Waals surface area contributed by atoms with Gasteiger partial charge in [-0.2, -0.15) is 0 Å². The van der Waals surface area contributed by atoms with Crippen molar-refractivity contribution in [1.82, 2.24) is 0 Å². The van der Waals surface area contributed by atoms with Gasteiger partial charge in [-0.25, -0.2) is 9.59 Å². The van der Waals surface area contributed by atoms with Crippen molar-refractivity contribution < 1.29 is 29.7 Å². The fourth-order valence-electron chi connectivity index (χ4n) is 0.247. The van der Waals surface area contributed by atoms with Crippen molar-refractivity contribution in [3.8, 4) is 0 Å². The lowest BCUT2D eigenvalue weighted by Gasteiger charge is -1.86. The van der Waals surface area contributed by atoms with Gasteiger partial charge in [0, 0.05) is 11.6 Å². The van der Waals surface area contributed by atoms with Crippen molar-refractivity contribution in [1.29, 1.82) is 0 Å². The Morgan fingerprint density at radius 2 is 1.57 bits per heavy atom. The van der Waals surface area contributed by atoms with Crippen molar-refractivity contribution in [2.75, 3.05) is 5.33 Å². The van der Waals surface area contributed by atoms with Gasteiger partial charge in [-0.1, -0.05) is 15.9 Å². The highest BCUT2D eigenvalue weighted by molar-refractivity contribution is 9.09. The van der Waals surface area contributed by atoms with Gasteiger partial charge in [0.05, 0.1) is 0 Å². The first-order chi connectivity index (χ1) is 6.31. The first-order valence-electron chi connectivity index (χ1n) is 3.23. The quantitative estimate of drug-likeness (QED) is 0.510. The standard InChI is InChI=1S/C5H6O4.C2H3BrO2/c1-3(5(8)9)2-4(6)7;3-1-2(4)5/h2H,1H3,(H,6,7)(H,8,9);1H2,(H,4,5)/b3-2+;. The maximum absolute atomic E-state index is 9.90. The molecule has 0 bridgehead atoms. The minimum atomic E-state index is -1.24. The highest BCUT2D eigenvalue weighted by atomic mass is 79.9. The maximum atomic E-state index is 9.90. The molecular formula is C7H9BrO6. The van der Waals surface area contributed by atoms with E-state index in [1.54, 1.807) is 0 Å². The molecule has 0 aromatic rings. The zero-order valence-corrected chi connectivity index (χ0v) is 8.81. The molecule has 7 heteroatoms. The summed E-state index contributed by atoms with van der Waals surface area (Å²) in [5.41, 5.74) is -0.178. The lowest BCUT2D eigenvalue weighted by atomic mass is 10.3. The summed E-state index contributed by atoms with van der Waals surface area (Å²) in [6.45, 7) is 1.22. The molecule has 0 rings (SSSR count). The molecule has 3 N–H and O–H groups in total. The van der Waals surface area contributed by atoms with Gasteiger partial charge in [0.2, 0.25) is 0 Å². The Labute approximate surface area is 88.0 Å². The summed E-state index contributed by atoms with van der Waals surface area (Å²) in [5, 5.41) is 23.8. The number of carboxylic acid groups (broad SMARTS) is 3. The van der Waals surface area contributed by atoms with Crippen LogP contribution in [0.3, 0.4) is 0 Å². The summed E-state index contributed by atoms with van der Waals surface area (Å²) in [4.78, 5) is 29.0. The van der Waals surface area contributed by atoms with Gasteiger partial charge in [0.15, 0.2) is 0 Å². The average Bonchev–Trinajstić information content (AvgIpc) is 2.04. The monoisotopic (exact) mass is 268 g/mol. The van der Waals surface area contributed by atoms with Gasteiger partial charge in [-0.3, -0.25) is 4.79 Å². The van der Waals surface area contributed by atoms with E-state index in [0.29, 0.717) is 6.08 Å². The van der Waals surface area contributed by atoms with Gasteiger partial charge in [0.1, 0.15) is 5.33 Å². The molecule has 0 saturated heterocycles. The molecule has 0 aromatic carbocycles. The molecule has 0 saturated carbocycles. The van der Waals surface area contributed by atoms with E-state index in [4.69, 9.17) is 15.3 Å². The van der Waals surface area contributed by atoms with Crippen LogP contribution in [0.1, 0.15) is 6.92 Å². The molecule has 0 aliphatic heterocycles. The number of alkyl halides is 1. The largest absolute Gasteiger partial charge is 0.481 e. The van der Waals surface area contributed by atoms with Crippen LogP contribution in [0, 0.1) is 0 Å². The SMILES string of the molecule is C/C(=C\C(=O)O)C(=O)O.O=C(O)CBr. The van der Waals surface area contributed by atoms with Gasteiger partial charge in [0.25, 0.3) is 0 Å². The Kier molecular flexibility index (Phi) is 8.90. The Bertz CT molecular complexity index is 257. The molecule has 14 heavy (non-hydrogen) atoms. The lowest BCUT2D eigenvalue weighted by molar-refractivity contribution is -0.135. The zero-order chi connectivity index (χ0) is 11.7.